The van der Waals surface area contributed by atoms with Crippen molar-refractivity contribution in [2.45, 2.75) is 26.7 Å². The van der Waals surface area contributed by atoms with Crippen LogP contribution in [0, 0.1) is 6.92 Å². The Morgan fingerprint density at radius 1 is 1.42 bits per heavy atom. The molecule has 0 aliphatic heterocycles. The van der Waals surface area contributed by atoms with E-state index in [1.807, 2.05) is 13.0 Å². The van der Waals surface area contributed by atoms with Gasteiger partial charge in [0.1, 0.15) is 0 Å². The number of unbranched alkanes of at least 4 members (excludes halogenated alkanes) is 1. The van der Waals surface area contributed by atoms with Crippen LogP contribution < -0.4 is 10.6 Å². The minimum Gasteiger partial charge on any atom is -0.465 e. The molecule has 0 saturated heterocycles. The molecule has 4 nitrogen and oxygen atoms in total. The van der Waals surface area contributed by atoms with E-state index in [-0.39, 0.29) is 5.97 Å². The molecule has 0 atom stereocenters. The van der Waals surface area contributed by atoms with E-state index in [2.05, 4.69) is 17.6 Å². The number of methoxy groups -OCH3 is 1. The minimum absolute atomic E-state index is 0.354. The van der Waals surface area contributed by atoms with Crippen LogP contribution in [0.3, 0.4) is 0 Å². The van der Waals surface area contributed by atoms with Crippen molar-refractivity contribution in [3.63, 3.8) is 0 Å². The summed E-state index contributed by atoms with van der Waals surface area (Å²) in [7, 11) is 1.37. The molecule has 2 N–H and O–H groups in total. The highest BCUT2D eigenvalue weighted by Crippen LogP contribution is 2.17. The monoisotopic (exact) mass is 280 g/mol. The average Bonchev–Trinajstić information content (AvgIpc) is 2.40. The molecule has 0 saturated carbocycles. The summed E-state index contributed by atoms with van der Waals surface area (Å²) in [6.07, 6.45) is 2.19. The van der Waals surface area contributed by atoms with Crippen LogP contribution in [-0.4, -0.2) is 24.7 Å². The Hall–Kier alpha value is -1.62. The van der Waals surface area contributed by atoms with E-state index in [4.69, 9.17) is 17.0 Å². The number of carbonyl (C=O) groups excluding carboxylic acids is 1. The highest BCUT2D eigenvalue weighted by atomic mass is 32.1. The molecule has 5 heteroatoms. The lowest BCUT2D eigenvalue weighted by molar-refractivity contribution is 0.0601. The topological polar surface area (TPSA) is 50.4 Å². The van der Waals surface area contributed by atoms with Crippen LogP contribution in [0.5, 0.6) is 0 Å². The van der Waals surface area contributed by atoms with Crippen LogP contribution in [0.1, 0.15) is 35.7 Å². The highest BCUT2D eigenvalue weighted by molar-refractivity contribution is 7.80. The zero-order valence-electron chi connectivity index (χ0n) is 11.6. The first-order valence-corrected chi connectivity index (χ1v) is 6.73. The van der Waals surface area contributed by atoms with Crippen molar-refractivity contribution in [2.24, 2.45) is 0 Å². The SMILES string of the molecule is CCCCNC(=S)Nc1cc(C(=O)OC)ccc1C. The largest absolute Gasteiger partial charge is 0.465 e. The number of esters is 1. The number of aryl methyl sites for hydroxylation is 1. The number of anilines is 1. The van der Waals surface area contributed by atoms with Crippen LogP contribution in [0.15, 0.2) is 18.2 Å². The molecule has 1 aromatic carbocycles. The van der Waals surface area contributed by atoms with Gasteiger partial charge in [0.2, 0.25) is 0 Å². The summed E-state index contributed by atoms with van der Waals surface area (Å²) in [5, 5.41) is 6.80. The van der Waals surface area contributed by atoms with Crippen molar-refractivity contribution in [1.29, 1.82) is 0 Å². The molecule has 0 spiro atoms. The Morgan fingerprint density at radius 2 is 2.16 bits per heavy atom. The van der Waals surface area contributed by atoms with Gasteiger partial charge in [0.15, 0.2) is 5.11 Å². The lowest BCUT2D eigenvalue weighted by Crippen LogP contribution is -2.29. The Morgan fingerprint density at radius 3 is 2.79 bits per heavy atom. The van der Waals surface area contributed by atoms with E-state index in [9.17, 15) is 4.79 Å². The summed E-state index contributed by atoms with van der Waals surface area (Å²) in [5.41, 5.74) is 2.34. The number of rotatable bonds is 5. The van der Waals surface area contributed by atoms with Gasteiger partial charge in [-0.1, -0.05) is 19.4 Å². The summed E-state index contributed by atoms with van der Waals surface area (Å²) < 4.78 is 4.70. The molecule has 0 unspecified atom stereocenters. The number of ether oxygens (including phenoxy) is 1. The minimum atomic E-state index is -0.354. The third-order valence-electron chi connectivity index (χ3n) is 2.72. The fraction of sp³-hybridized carbons (Fsp3) is 0.429. The molecule has 0 aromatic heterocycles. The third-order valence-corrected chi connectivity index (χ3v) is 2.97. The van der Waals surface area contributed by atoms with Gasteiger partial charge >= 0.3 is 5.97 Å². The number of thiocarbonyl (C=S) groups is 1. The average molecular weight is 280 g/mol. The third kappa shape index (κ3) is 4.87. The van der Waals surface area contributed by atoms with E-state index >= 15 is 0 Å². The summed E-state index contributed by atoms with van der Waals surface area (Å²) >= 11 is 5.21. The smallest absolute Gasteiger partial charge is 0.337 e. The number of hydrogen-bond donors (Lipinski definition) is 2. The van der Waals surface area contributed by atoms with Crippen molar-refractivity contribution < 1.29 is 9.53 Å². The predicted octanol–water partition coefficient (Wildman–Crippen LogP) is 2.87. The predicted molar refractivity (Wildman–Crippen MR) is 81.6 cm³/mol. The molecule has 0 heterocycles. The summed E-state index contributed by atoms with van der Waals surface area (Å²) in [6.45, 7) is 4.93. The Labute approximate surface area is 119 Å². The van der Waals surface area contributed by atoms with Crippen molar-refractivity contribution >= 4 is 29.0 Å². The van der Waals surface area contributed by atoms with Crippen LogP contribution >= 0.6 is 12.2 Å². The number of hydrogen-bond acceptors (Lipinski definition) is 3. The quantitative estimate of drug-likeness (QED) is 0.493. The lowest BCUT2D eigenvalue weighted by atomic mass is 10.1. The van der Waals surface area contributed by atoms with Crippen LogP contribution in [-0.2, 0) is 4.74 Å². The molecular weight excluding hydrogens is 260 g/mol. The number of benzene rings is 1. The summed E-state index contributed by atoms with van der Waals surface area (Å²) in [6, 6.07) is 5.35. The van der Waals surface area contributed by atoms with Crippen LogP contribution in [0.2, 0.25) is 0 Å². The zero-order chi connectivity index (χ0) is 14.3. The molecule has 0 aliphatic rings. The van der Waals surface area contributed by atoms with Gasteiger partial charge in [-0.2, -0.15) is 0 Å². The van der Waals surface area contributed by atoms with E-state index in [0.29, 0.717) is 10.7 Å². The number of nitrogens with one attached hydrogen (secondary N) is 2. The first-order chi connectivity index (χ1) is 9.08. The molecule has 0 aliphatic carbocycles. The van der Waals surface area contributed by atoms with Crippen LogP contribution in [0.4, 0.5) is 5.69 Å². The van der Waals surface area contributed by atoms with Crippen molar-refractivity contribution in [2.75, 3.05) is 19.0 Å². The molecule has 1 rings (SSSR count). The molecular formula is C14H20N2O2S. The fourth-order valence-electron chi connectivity index (χ4n) is 1.55. The second kappa shape index (κ2) is 7.74. The molecule has 104 valence electrons. The van der Waals surface area contributed by atoms with Gasteiger partial charge in [0.25, 0.3) is 0 Å². The van der Waals surface area contributed by atoms with Gasteiger partial charge in [-0.3, -0.25) is 0 Å². The Balaban J connectivity index is 2.71. The van der Waals surface area contributed by atoms with E-state index < -0.39 is 0 Å². The normalized spacial score (nSPS) is 9.84. The van der Waals surface area contributed by atoms with Gasteiger partial charge in [-0.25, -0.2) is 4.79 Å². The van der Waals surface area contributed by atoms with Gasteiger partial charge in [-0.15, -0.1) is 0 Å². The molecule has 19 heavy (non-hydrogen) atoms. The Bertz CT molecular complexity index is 461. The second-order valence-corrected chi connectivity index (χ2v) is 4.66. The van der Waals surface area contributed by atoms with E-state index in [1.54, 1.807) is 12.1 Å². The standard InChI is InChI=1S/C14H20N2O2S/c1-4-5-8-15-14(19)16-12-9-11(13(17)18-3)7-6-10(12)2/h6-7,9H,4-5,8H2,1-3H3,(H2,15,16,19). The van der Waals surface area contributed by atoms with Gasteiger partial charge < -0.3 is 15.4 Å². The van der Waals surface area contributed by atoms with Gasteiger partial charge in [-0.05, 0) is 43.3 Å². The van der Waals surface area contributed by atoms with Crippen molar-refractivity contribution in [3.8, 4) is 0 Å². The maximum Gasteiger partial charge on any atom is 0.337 e. The first kappa shape index (κ1) is 15.4. The molecule has 0 radical (unpaired) electrons. The van der Waals surface area contributed by atoms with Crippen molar-refractivity contribution in [1.82, 2.24) is 5.32 Å². The molecule has 0 bridgehead atoms. The van der Waals surface area contributed by atoms with Crippen LogP contribution in [0.25, 0.3) is 0 Å². The van der Waals surface area contributed by atoms with E-state index in [1.165, 1.54) is 7.11 Å². The lowest BCUT2D eigenvalue weighted by Gasteiger charge is -2.13. The van der Waals surface area contributed by atoms with Crippen molar-refractivity contribution in [3.05, 3.63) is 29.3 Å². The van der Waals surface area contributed by atoms with Gasteiger partial charge in [0, 0.05) is 12.2 Å². The maximum atomic E-state index is 11.5. The Kier molecular flexibility index (Phi) is 6.29. The fourth-order valence-corrected chi connectivity index (χ4v) is 1.76. The number of carbonyl (C=O) groups is 1. The molecule has 0 fully saturated rings. The molecule has 0 amide bonds. The first-order valence-electron chi connectivity index (χ1n) is 6.32. The maximum absolute atomic E-state index is 11.5. The summed E-state index contributed by atoms with van der Waals surface area (Å²) in [4.78, 5) is 11.5. The summed E-state index contributed by atoms with van der Waals surface area (Å²) in [5.74, 6) is -0.354. The second-order valence-electron chi connectivity index (χ2n) is 4.26. The highest BCUT2D eigenvalue weighted by Gasteiger charge is 2.08. The molecule has 1 aromatic rings. The van der Waals surface area contributed by atoms with Gasteiger partial charge in [0.05, 0.1) is 12.7 Å². The van der Waals surface area contributed by atoms with E-state index in [0.717, 1.165) is 30.6 Å². The zero-order valence-corrected chi connectivity index (χ0v) is 12.4.